The van der Waals surface area contributed by atoms with Crippen LogP contribution >= 0.6 is 0 Å². The number of nitrogens with zero attached hydrogens (tertiary/aromatic N) is 2. The highest BCUT2D eigenvalue weighted by Gasteiger charge is 2.36. The van der Waals surface area contributed by atoms with E-state index in [4.69, 9.17) is 9.97 Å². The fourth-order valence-electron chi connectivity index (χ4n) is 6.27. The number of H-pyrrole nitrogens is 2. The minimum absolute atomic E-state index is 0.0192. The Hall–Kier alpha value is -5.25. The van der Waals surface area contributed by atoms with Crippen molar-refractivity contribution < 1.29 is 29.7 Å². The van der Waals surface area contributed by atoms with Crippen LogP contribution < -0.4 is 0 Å². The molecule has 44 heavy (non-hydrogen) atoms. The molecule has 0 radical (unpaired) electrons. The third-order valence-electron chi connectivity index (χ3n) is 8.74. The van der Waals surface area contributed by atoms with Crippen molar-refractivity contribution in [2.75, 3.05) is 0 Å². The Labute approximate surface area is 253 Å². The third-order valence-corrected chi connectivity index (χ3v) is 8.74. The van der Waals surface area contributed by atoms with Crippen LogP contribution in [0, 0.1) is 13.8 Å². The molecule has 0 fully saturated rings. The van der Waals surface area contributed by atoms with Crippen molar-refractivity contribution in [2.24, 2.45) is 0 Å². The van der Waals surface area contributed by atoms with Gasteiger partial charge in [-0.05, 0) is 67.7 Å². The summed E-state index contributed by atoms with van der Waals surface area (Å²) >= 11 is 0. The molecular weight excluding hydrogens is 560 g/mol. The van der Waals surface area contributed by atoms with Crippen molar-refractivity contribution in [3.05, 3.63) is 81.9 Å². The Morgan fingerprint density at radius 1 is 0.864 bits per heavy atom. The molecule has 5 heterocycles. The molecule has 3 aromatic rings. The van der Waals surface area contributed by atoms with E-state index in [1.807, 2.05) is 32.9 Å². The van der Waals surface area contributed by atoms with Crippen LogP contribution in [0.1, 0.15) is 100 Å². The first-order valence-corrected chi connectivity index (χ1v) is 14.3. The van der Waals surface area contributed by atoms with E-state index in [0.29, 0.717) is 22.5 Å². The average Bonchev–Trinajstić information content (AvgIpc) is 3.61. The summed E-state index contributed by atoms with van der Waals surface area (Å²) in [4.78, 5) is 53.1. The first-order chi connectivity index (χ1) is 20.9. The van der Waals surface area contributed by atoms with Gasteiger partial charge in [0.2, 0.25) is 0 Å². The number of carboxylic acid groups (broad SMARTS) is 3. The fraction of sp³-hybridized carbons (Fsp3) is 0.265. The van der Waals surface area contributed by atoms with Crippen LogP contribution in [0.5, 0.6) is 0 Å². The molecular formula is C34H34N4O6. The Morgan fingerprint density at radius 3 is 2.00 bits per heavy atom. The molecule has 0 aliphatic carbocycles. The molecule has 2 aliphatic heterocycles. The van der Waals surface area contributed by atoms with Gasteiger partial charge in [-0.15, -0.1) is 0 Å². The maximum atomic E-state index is 13.0. The number of aromatic nitrogens is 4. The molecule has 2 unspecified atom stereocenters. The van der Waals surface area contributed by atoms with Gasteiger partial charge in [-0.2, -0.15) is 0 Å². The first-order valence-electron chi connectivity index (χ1n) is 14.3. The molecule has 5 N–H and O–H groups in total. The number of hydrogen-bond acceptors (Lipinski definition) is 5. The third kappa shape index (κ3) is 5.12. The number of allylic oxidation sites excluding steroid dienone is 1. The van der Waals surface area contributed by atoms with Crippen molar-refractivity contribution in [3.8, 4) is 0 Å². The lowest BCUT2D eigenvalue weighted by atomic mass is 9.85. The zero-order chi connectivity index (χ0) is 32.0. The number of fused-ring (bicyclic) bond motifs is 8. The lowest BCUT2D eigenvalue weighted by Crippen LogP contribution is -2.12. The number of aromatic amines is 2. The summed E-state index contributed by atoms with van der Waals surface area (Å²) < 4.78 is 0. The largest absolute Gasteiger partial charge is 0.481 e. The van der Waals surface area contributed by atoms with Crippen LogP contribution in [-0.2, 0) is 9.59 Å². The second-order valence-electron chi connectivity index (χ2n) is 11.3. The van der Waals surface area contributed by atoms with Crippen molar-refractivity contribution in [1.29, 1.82) is 0 Å². The SMILES string of the molecule is C=Cc1c(C)c2cc3[nH]c(cc4nc(c(C(=O)O)c5nc(cc1[nH]2)C(C)=C5CC(=O)O)C(CCC(=O)O)C4C)c(C)c3C=C. The normalized spacial score (nSPS) is 16.2. The molecule has 0 saturated heterocycles. The van der Waals surface area contributed by atoms with Crippen molar-refractivity contribution in [1.82, 2.24) is 19.9 Å². The highest BCUT2D eigenvalue weighted by atomic mass is 16.4. The zero-order valence-corrected chi connectivity index (χ0v) is 25.0. The summed E-state index contributed by atoms with van der Waals surface area (Å²) in [6.07, 6.45) is 3.00. The number of aromatic carboxylic acids is 1. The molecule has 2 aliphatic rings. The van der Waals surface area contributed by atoms with Gasteiger partial charge in [0.15, 0.2) is 0 Å². The number of hydrogen-bond donors (Lipinski definition) is 5. The van der Waals surface area contributed by atoms with Crippen molar-refractivity contribution >= 4 is 63.3 Å². The summed E-state index contributed by atoms with van der Waals surface area (Å²) in [7, 11) is 0. The molecule has 0 amide bonds. The van der Waals surface area contributed by atoms with Crippen molar-refractivity contribution in [2.45, 2.75) is 58.8 Å². The van der Waals surface area contributed by atoms with Gasteiger partial charge in [0, 0.05) is 57.1 Å². The monoisotopic (exact) mass is 594 g/mol. The summed E-state index contributed by atoms with van der Waals surface area (Å²) in [5.41, 5.74) is 8.41. The standard InChI is InChI=1S/C34H34N4O6/c1-7-19-15(3)23-12-25-17(5)21(9-10-29(39)40)32(37-25)31(34(43)44)33-22(11-30(41)42)18(6)26(38-33)14-28-20(8-2)16(4)24(36-28)13-27(19)35-23/h7-8,12-14,17,21,35-36H,1-2,9-11H2,3-6H3,(H,39,40)(H,41,42)(H,43,44). The van der Waals surface area contributed by atoms with E-state index in [2.05, 4.69) is 23.1 Å². The molecule has 3 aromatic heterocycles. The van der Waals surface area contributed by atoms with Crippen LogP contribution in [0.15, 0.2) is 31.4 Å². The molecule has 2 atom stereocenters. The predicted octanol–water partition coefficient (Wildman–Crippen LogP) is 7.07. The Morgan fingerprint density at radius 2 is 1.45 bits per heavy atom. The maximum Gasteiger partial charge on any atom is 0.339 e. The smallest absolute Gasteiger partial charge is 0.339 e. The summed E-state index contributed by atoms with van der Waals surface area (Å²) in [6.45, 7) is 15.5. The number of rotatable bonds is 8. The molecule has 0 saturated carbocycles. The topological polar surface area (TPSA) is 169 Å². The molecule has 226 valence electrons. The van der Waals surface area contributed by atoms with Crippen LogP contribution in [0.2, 0.25) is 0 Å². The van der Waals surface area contributed by atoms with Gasteiger partial charge >= 0.3 is 17.9 Å². The van der Waals surface area contributed by atoms with E-state index in [1.54, 1.807) is 25.1 Å². The molecule has 10 heteroatoms. The lowest BCUT2D eigenvalue weighted by Gasteiger charge is -2.16. The Bertz CT molecular complexity index is 1980. The maximum absolute atomic E-state index is 13.0. The van der Waals surface area contributed by atoms with Gasteiger partial charge in [0.1, 0.15) is 5.56 Å². The number of nitrogens with one attached hydrogen (secondary N) is 2. The van der Waals surface area contributed by atoms with E-state index in [-0.39, 0.29) is 41.3 Å². The van der Waals surface area contributed by atoms with Gasteiger partial charge in [-0.25, -0.2) is 9.78 Å². The molecule has 5 rings (SSSR count). The minimum Gasteiger partial charge on any atom is -0.481 e. The Kier molecular flexibility index (Phi) is 7.86. The summed E-state index contributed by atoms with van der Waals surface area (Å²) in [5.74, 6) is -4.35. The number of aryl methyl sites for hydroxylation is 2. The fourth-order valence-corrected chi connectivity index (χ4v) is 6.27. The van der Waals surface area contributed by atoms with E-state index < -0.39 is 30.2 Å². The molecule has 8 bridgehead atoms. The van der Waals surface area contributed by atoms with Gasteiger partial charge in [0.05, 0.1) is 23.5 Å². The second-order valence-corrected chi connectivity index (χ2v) is 11.3. The first kappa shape index (κ1) is 30.2. The molecule has 10 nitrogen and oxygen atoms in total. The molecule has 0 aromatic carbocycles. The van der Waals surface area contributed by atoms with Gasteiger partial charge in [0.25, 0.3) is 0 Å². The average molecular weight is 595 g/mol. The van der Waals surface area contributed by atoms with Crippen molar-refractivity contribution in [3.63, 3.8) is 0 Å². The van der Waals surface area contributed by atoms with Crippen LogP contribution in [0.25, 0.3) is 45.4 Å². The van der Waals surface area contributed by atoms with E-state index >= 15 is 0 Å². The van der Waals surface area contributed by atoms with Crippen LogP contribution in [0.3, 0.4) is 0 Å². The number of carbonyl (C=O) groups is 3. The summed E-state index contributed by atoms with van der Waals surface area (Å²) in [6, 6.07) is 5.62. The zero-order valence-electron chi connectivity index (χ0n) is 25.0. The van der Waals surface area contributed by atoms with E-state index in [1.165, 1.54) is 0 Å². The predicted molar refractivity (Wildman–Crippen MR) is 170 cm³/mol. The van der Waals surface area contributed by atoms with E-state index in [0.717, 1.165) is 38.8 Å². The minimum atomic E-state index is -1.32. The number of aliphatic carboxylic acids is 2. The highest BCUT2D eigenvalue weighted by molar-refractivity contribution is 6.04. The van der Waals surface area contributed by atoms with Crippen LogP contribution in [0.4, 0.5) is 0 Å². The lowest BCUT2D eigenvalue weighted by molar-refractivity contribution is -0.137. The number of carboxylic acids is 3. The summed E-state index contributed by atoms with van der Waals surface area (Å²) in [5, 5.41) is 29.9. The second kappa shape index (κ2) is 11.4. The quantitative estimate of drug-likeness (QED) is 0.184. The van der Waals surface area contributed by atoms with E-state index in [9.17, 15) is 29.7 Å². The Balaban J connectivity index is 2.04. The van der Waals surface area contributed by atoms with Crippen LogP contribution in [-0.4, -0.2) is 53.2 Å². The van der Waals surface area contributed by atoms with Gasteiger partial charge in [-0.3, -0.25) is 14.6 Å². The van der Waals surface area contributed by atoms with Gasteiger partial charge in [-0.1, -0.05) is 32.2 Å². The highest BCUT2D eigenvalue weighted by Crippen LogP contribution is 2.44. The molecule has 0 spiro atoms. The van der Waals surface area contributed by atoms with Gasteiger partial charge < -0.3 is 25.3 Å².